The molecule has 1 aliphatic heterocycles. The van der Waals surface area contributed by atoms with Crippen LogP contribution in [0.1, 0.15) is 32.3 Å². The SMILES string of the molecule is CCC1(CC)Cc2ccccc2-c2cc(-c3ccccc3)nc[n+]21. The maximum atomic E-state index is 4.79. The molecule has 0 saturated heterocycles. The van der Waals surface area contributed by atoms with E-state index in [1.807, 2.05) is 6.07 Å². The first-order chi connectivity index (χ1) is 11.8. The molecule has 2 heteroatoms. The summed E-state index contributed by atoms with van der Waals surface area (Å²) in [5.41, 5.74) is 6.42. The second kappa shape index (κ2) is 5.86. The van der Waals surface area contributed by atoms with Crippen LogP contribution in [0.5, 0.6) is 0 Å². The Balaban J connectivity index is 1.96. The first-order valence-electron chi connectivity index (χ1n) is 8.83. The van der Waals surface area contributed by atoms with Crippen LogP contribution in [0.25, 0.3) is 22.5 Å². The standard InChI is InChI=1S/C22H23N2/c1-3-22(4-2)15-18-12-8-9-13-19(18)21-14-20(23-16-24(21)22)17-10-6-5-7-11-17/h5-14,16H,3-4,15H2,1-2H3/q+1. The van der Waals surface area contributed by atoms with Gasteiger partial charge in [0, 0.05) is 23.6 Å². The van der Waals surface area contributed by atoms with Gasteiger partial charge in [-0.05, 0) is 23.4 Å². The fourth-order valence-electron chi connectivity index (χ4n) is 3.98. The van der Waals surface area contributed by atoms with Gasteiger partial charge < -0.3 is 0 Å². The minimum atomic E-state index is 0.131. The van der Waals surface area contributed by atoms with Crippen LogP contribution in [0, 0.1) is 0 Å². The van der Waals surface area contributed by atoms with E-state index in [-0.39, 0.29) is 5.54 Å². The zero-order chi connectivity index (χ0) is 16.6. The predicted molar refractivity (Wildman–Crippen MR) is 97.6 cm³/mol. The maximum Gasteiger partial charge on any atom is 0.287 e. The van der Waals surface area contributed by atoms with Gasteiger partial charge in [-0.15, -0.1) is 0 Å². The second-order valence-electron chi connectivity index (χ2n) is 6.66. The lowest BCUT2D eigenvalue weighted by Gasteiger charge is -2.35. The molecule has 4 rings (SSSR count). The van der Waals surface area contributed by atoms with Crippen LogP contribution in [0.4, 0.5) is 0 Å². The molecule has 1 aromatic heterocycles. The average molecular weight is 315 g/mol. The highest BCUT2D eigenvalue weighted by atomic mass is 15.1. The molecular formula is C22H23N2+. The number of hydrogen-bond acceptors (Lipinski definition) is 1. The summed E-state index contributed by atoms with van der Waals surface area (Å²) in [4.78, 5) is 4.79. The Kier molecular flexibility index (Phi) is 3.68. The summed E-state index contributed by atoms with van der Waals surface area (Å²) < 4.78 is 2.42. The normalized spacial score (nSPS) is 14.8. The molecule has 0 aliphatic carbocycles. The molecule has 2 nitrogen and oxygen atoms in total. The van der Waals surface area contributed by atoms with Crippen molar-refractivity contribution in [2.24, 2.45) is 0 Å². The van der Waals surface area contributed by atoms with Crippen molar-refractivity contribution in [3.63, 3.8) is 0 Å². The van der Waals surface area contributed by atoms with Gasteiger partial charge in [-0.3, -0.25) is 0 Å². The van der Waals surface area contributed by atoms with Crippen molar-refractivity contribution in [3.8, 4) is 22.5 Å². The van der Waals surface area contributed by atoms with Gasteiger partial charge in [0.1, 0.15) is 11.2 Å². The molecule has 0 atom stereocenters. The highest BCUT2D eigenvalue weighted by Gasteiger charge is 2.40. The number of nitrogens with zero attached hydrogens (tertiary/aromatic N) is 2. The maximum absolute atomic E-state index is 4.79. The Labute approximate surface area is 143 Å². The molecule has 3 aromatic rings. The van der Waals surface area contributed by atoms with Gasteiger partial charge in [-0.25, -0.2) is 4.57 Å². The first kappa shape index (κ1) is 15.1. The summed E-state index contributed by atoms with van der Waals surface area (Å²) >= 11 is 0. The molecule has 0 saturated carbocycles. The van der Waals surface area contributed by atoms with Crippen LogP contribution in [0.15, 0.2) is 67.0 Å². The lowest BCUT2D eigenvalue weighted by molar-refractivity contribution is -0.760. The summed E-state index contributed by atoms with van der Waals surface area (Å²) in [7, 11) is 0. The molecule has 120 valence electrons. The molecule has 2 aromatic carbocycles. The Morgan fingerprint density at radius 2 is 1.67 bits per heavy atom. The zero-order valence-corrected chi connectivity index (χ0v) is 14.4. The smallest absolute Gasteiger partial charge is 0.224 e. The Morgan fingerprint density at radius 3 is 2.42 bits per heavy atom. The molecule has 0 fully saturated rings. The summed E-state index contributed by atoms with van der Waals surface area (Å²) in [6.07, 6.45) is 5.37. The van der Waals surface area contributed by atoms with E-state index in [2.05, 4.69) is 79.3 Å². The van der Waals surface area contributed by atoms with E-state index in [0.29, 0.717) is 0 Å². The van der Waals surface area contributed by atoms with Crippen LogP contribution in [0.3, 0.4) is 0 Å². The van der Waals surface area contributed by atoms with Gasteiger partial charge in [0.15, 0.2) is 5.69 Å². The molecular weight excluding hydrogens is 292 g/mol. The number of fused-ring (bicyclic) bond motifs is 3. The highest BCUT2D eigenvalue weighted by Crippen LogP contribution is 2.36. The van der Waals surface area contributed by atoms with Crippen LogP contribution in [0.2, 0.25) is 0 Å². The topological polar surface area (TPSA) is 16.8 Å². The zero-order valence-electron chi connectivity index (χ0n) is 14.4. The lowest BCUT2D eigenvalue weighted by Crippen LogP contribution is -2.60. The Bertz CT molecular complexity index is 864. The third kappa shape index (κ3) is 2.25. The summed E-state index contributed by atoms with van der Waals surface area (Å²) in [6.45, 7) is 4.58. The molecule has 0 spiro atoms. The molecule has 2 heterocycles. The van der Waals surface area contributed by atoms with E-state index in [9.17, 15) is 0 Å². The van der Waals surface area contributed by atoms with Gasteiger partial charge in [-0.2, -0.15) is 0 Å². The minimum Gasteiger partial charge on any atom is -0.224 e. The highest BCUT2D eigenvalue weighted by molar-refractivity contribution is 5.68. The molecule has 0 radical (unpaired) electrons. The van der Waals surface area contributed by atoms with Gasteiger partial charge in [-0.1, -0.05) is 68.4 Å². The fraction of sp³-hybridized carbons (Fsp3) is 0.273. The predicted octanol–water partition coefficient (Wildman–Crippen LogP) is 4.77. The molecule has 0 unspecified atom stereocenters. The Hall–Kier alpha value is -2.48. The monoisotopic (exact) mass is 315 g/mol. The number of hydrogen-bond donors (Lipinski definition) is 0. The van der Waals surface area contributed by atoms with E-state index in [1.165, 1.54) is 22.4 Å². The van der Waals surface area contributed by atoms with Crippen molar-refractivity contribution in [1.82, 2.24) is 4.98 Å². The van der Waals surface area contributed by atoms with Crippen LogP contribution >= 0.6 is 0 Å². The van der Waals surface area contributed by atoms with Crippen molar-refractivity contribution in [2.45, 2.75) is 38.6 Å². The van der Waals surface area contributed by atoms with Gasteiger partial charge >= 0.3 is 0 Å². The first-order valence-corrected chi connectivity index (χ1v) is 8.83. The quantitative estimate of drug-likeness (QED) is 0.636. The van der Waals surface area contributed by atoms with Crippen molar-refractivity contribution in [1.29, 1.82) is 0 Å². The second-order valence-corrected chi connectivity index (χ2v) is 6.66. The molecule has 0 N–H and O–H groups in total. The van der Waals surface area contributed by atoms with Crippen LogP contribution < -0.4 is 4.57 Å². The molecule has 0 bridgehead atoms. The van der Waals surface area contributed by atoms with Crippen molar-refractivity contribution >= 4 is 0 Å². The minimum absolute atomic E-state index is 0.131. The number of rotatable bonds is 3. The summed E-state index contributed by atoms with van der Waals surface area (Å²) in [6, 6.07) is 21.5. The van der Waals surface area contributed by atoms with E-state index in [4.69, 9.17) is 4.98 Å². The van der Waals surface area contributed by atoms with Gasteiger partial charge in [0.25, 0.3) is 6.33 Å². The number of aromatic nitrogens is 2. The Morgan fingerprint density at radius 1 is 0.958 bits per heavy atom. The molecule has 24 heavy (non-hydrogen) atoms. The summed E-state index contributed by atoms with van der Waals surface area (Å²) in [5.74, 6) is 0. The largest absolute Gasteiger partial charge is 0.287 e. The molecule has 1 aliphatic rings. The van der Waals surface area contributed by atoms with E-state index in [1.54, 1.807) is 0 Å². The van der Waals surface area contributed by atoms with E-state index < -0.39 is 0 Å². The van der Waals surface area contributed by atoms with Crippen molar-refractivity contribution in [2.75, 3.05) is 0 Å². The van der Waals surface area contributed by atoms with Gasteiger partial charge in [0.05, 0.1) is 0 Å². The third-order valence-electron chi connectivity index (χ3n) is 5.55. The van der Waals surface area contributed by atoms with Crippen molar-refractivity contribution in [3.05, 3.63) is 72.6 Å². The number of benzene rings is 2. The van der Waals surface area contributed by atoms with Crippen molar-refractivity contribution < 1.29 is 4.57 Å². The third-order valence-corrected chi connectivity index (χ3v) is 5.55. The molecule has 0 amide bonds. The van der Waals surface area contributed by atoms with Gasteiger partial charge in [0.2, 0.25) is 0 Å². The fourth-order valence-corrected chi connectivity index (χ4v) is 3.98. The summed E-state index contributed by atoms with van der Waals surface area (Å²) in [5, 5.41) is 0. The van der Waals surface area contributed by atoms with Crippen LogP contribution in [-0.4, -0.2) is 4.98 Å². The average Bonchev–Trinajstić information content (AvgIpc) is 2.67. The van der Waals surface area contributed by atoms with E-state index in [0.717, 1.165) is 25.0 Å². The van der Waals surface area contributed by atoms with Crippen LogP contribution in [-0.2, 0) is 12.0 Å². The van der Waals surface area contributed by atoms with E-state index >= 15 is 0 Å². The lowest BCUT2D eigenvalue weighted by atomic mass is 9.79.